The third kappa shape index (κ3) is 2.33. The molecule has 1 saturated heterocycles. The molecule has 18 heavy (non-hydrogen) atoms. The van der Waals surface area contributed by atoms with E-state index in [2.05, 4.69) is 4.98 Å². The quantitative estimate of drug-likeness (QED) is 0.888. The summed E-state index contributed by atoms with van der Waals surface area (Å²) in [6.07, 6.45) is -4.50. The molecule has 1 fully saturated rings. The van der Waals surface area contributed by atoms with E-state index < -0.39 is 29.5 Å². The van der Waals surface area contributed by atoms with Gasteiger partial charge in [0.2, 0.25) is 11.7 Å². The van der Waals surface area contributed by atoms with Crippen LogP contribution in [-0.4, -0.2) is 28.8 Å². The van der Waals surface area contributed by atoms with Gasteiger partial charge in [-0.05, 0) is 13.3 Å². The van der Waals surface area contributed by atoms with E-state index in [1.165, 1.54) is 0 Å². The van der Waals surface area contributed by atoms with Gasteiger partial charge in [-0.15, -0.1) is 0 Å². The molecule has 1 aliphatic heterocycles. The minimum absolute atomic E-state index is 0.107. The molecule has 0 aromatic carbocycles. The van der Waals surface area contributed by atoms with E-state index in [9.17, 15) is 18.0 Å². The van der Waals surface area contributed by atoms with Gasteiger partial charge < -0.3 is 14.3 Å². The lowest BCUT2D eigenvalue weighted by molar-refractivity contribution is -0.141. The van der Waals surface area contributed by atoms with Crippen molar-refractivity contribution in [3.8, 4) is 0 Å². The van der Waals surface area contributed by atoms with Crippen LogP contribution in [0.4, 0.5) is 13.2 Å². The molecule has 0 radical (unpaired) electrons. The Labute approximate surface area is 99.6 Å². The van der Waals surface area contributed by atoms with Crippen LogP contribution in [0.15, 0.2) is 4.42 Å². The highest BCUT2D eigenvalue weighted by Crippen LogP contribution is 2.36. The summed E-state index contributed by atoms with van der Waals surface area (Å²) in [6, 6.07) is 0. The molecule has 0 bridgehead atoms. The Morgan fingerprint density at radius 2 is 2.17 bits per heavy atom. The van der Waals surface area contributed by atoms with Crippen LogP contribution in [0.5, 0.6) is 0 Å². The second kappa shape index (κ2) is 4.27. The van der Waals surface area contributed by atoms with Crippen molar-refractivity contribution in [3.63, 3.8) is 0 Å². The molecule has 1 N–H and O–H groups in total. The second-order valence-corrected chi connectivity index (χ2v) is 4.11. The Morgan fingerprint density at radius 1 is 1.50 bits per heavy atom. The zero-order valence-corrected chi connectivity index (χ0v) is 9.32. The number of aromatic carboxylic acids is 1. The van der Waals surface area contributed by atoms with Crippen molar-refractivity contribution in [1.29, 1.82) is 0 Å². The molecule has 8 heteroatoms. The first-order chi connectivity index (χ1) is 8.29. The highest BCUT2D eigenvalue weighted by molar-refractivity contribution is 5.85. The van der Waals surface area contributed by atoms with Crippen LogP contribution in [0, 0.1) is 0 Å². The lowest BCUT2D eigenvalue weighted by Gasteiger charge is -2.01. The van der Waals surface area contributed by atoms with Crippen molar-refractivity contribution in [2.75, 3.05) is 6.61 Å². The molecule has 0 amide bonds. The largest absolute Gasteiger partial charge is 0.475 e. The maximum Gasteiger partial charge on any atom is 0.437 e. The first-order valence-corrected chi connectivity index (χ1v) is 5.22. The van der Waals surface area contributed by atoms with Gasteiger partial charge in [0.1, 0.15) is 0 Å². The number of halogens is 3. The number of hydrogen-bond donors (Lipinski definition) is 1. The number of ether oxygens (including phenoxy) is 1. The molecule has 1 aromatic heterocycles. The van der Waals surface area contributed by atoms with E-state index in [0.29, 0.717) is 6.42 Å². The van der Waals surface area contributed by atoms with Crippen LogP contribution < -0.4 is 0 Å². The molecule has 1 aliphatic rings. The molecule has 2 atom stereocenters. The number of nitrogens with zero attached hydrogens (tertiary/aromatic N) is 1. The number of hydrogen-bond acceptors (Lipinski definition) is 4. The number of oxazole rings is 1. The predicted molar refractivity (Wildman–Crippen MR) is 51.2 cm³/mol. The number of carboxylic acid groups (broad SMARTS) is 1. The molecular weight excluding hydrogens is 255 g/mol. The van der Waals surface area contributed by atoms with Crippen molar-refractivity contribution in [3.05, 3.63) is 17.3 Å². The molecule has 2 rings (SSSR count). The van der Waals surface area contributed by atoms with E-state index in [1.54, 1.807) is 6.92 Å². The average molecular weight is 265 g/mol. The normalized spacial score (nSPS) is 24.4. The van der Waals surface area contributed by atoms with Crippen molar-refractivity contribution >= 4 is 5.97 Å². The predicted octanol–water partition coefficient (Wildman–Crippen LogP) is 2.28. The lowest BCUT2D eigenvalue weighted by Crippen LogP contribution is -2.12. The van der Waals surface area contributed by atoms with Gasteiger partial charge in [-0.1, -0.05) is 0 Å². The third-order valence-corrected chi connectivity index (χ3v) is 2.65. The molecule has 5 nitrogen and oxygen atoms in total. The van der Waals surface area contributed by atoms with Crippen LogP contribution in [0.1, 0.15) is 41.4 Å². The Bertz CT molecular complexity index is 468. The number of rotatable bonds is 2. The topological polar surface area (TPSA) is 72.6 Å². The van der Waals surface area contributed by atoms with E-state index in [0.717, 1.165) is 0 Å². The summed E-state index contributed by atoms with van der Waals surface area (Å²) in [5.41, 5.74) is -1.50. The Hall–Kier alpha value is -1.57. The zero-order chi connectivity index (χ0) is 13.5. The second-order valence-electron chi connectivity index (χ2n) is 4.11. The lowest BCUT2D eigenvalue weighted by atomic mass is 10.1. The van der Waals surface area contributed by atoms with E-state index >= 15 is 0 Å². The molecule has 1 aromatic rings. The SMILES string of the molecule is CC1CC(c2nc(C(F)(F)F)c(C(=O)O)o2)CO1. The first kappa shape index (κ1) is 12.9. The summed E-state index contributed by atoms with van der Waals surface area (Å²) in [5, 5.41) is 8.67. The summed E-state index contributed by atoms with van der Waals surface area (Å²) in [6.45, 7) is 1.95. The Balaban J connectivity index is 2.37. The summed E-state index contributed by atoms with van der Waals surface area (Å²) >= 11 is 0. The van der Waals surface area contributed by atoms with E-state index in [-0.39, 0.29) is 18.6 Å². The van der Waals surface area contributed by atoms with Gasteiger partial charge in [0.15, 0.2) is 5.69 Å². The van der Waals surface area contributed by atoms with Crippen molar-refractivity contribution in [1.82, 2.24) is 4.98 Å². The van der Waals surface area contributed by atoms with Gasteiger partial charge in [0.05, 0.1) is 18.6 Å². The summed E-state index contributed by atoms with van der Waals surface area (Å²) < 4.78 is 47.6. The fraction of sp³-hybridized carbons (Fsp3) is 0.600. The van der Waals surface area contributed by atoms with E-state index in [1.807, 2.05) is 0 Å². The van der Waals surface area contributed by atoms with Gasteiger partial charge in [0, 0.05) is 0 Å². The van der Waals surface area contributed by atoms with Gasteiger partial charge in [-0.25, -0.2) is 9.78 Å². The smallest absolute Gasteiger partial charge is 0.437 e. The summed E-state index contributed by atoms with van der Waals surface area (Å²) in [7, 11) is 0. The molecule has 100 valence electrons. The fourth-order valence-electron chi connectivity index (χ4n) is 1.84. The highest BCUT2D eigenvalue weighted by Gasteiger charge is 2.42. The van der Waals surface area contributed by atoms with Crippen LogP contribution in [0.3, 0.4) is 0 Å². The highest BCUT2D eigenvalue weighted by atomic mass is 19.4. The number of carboxylic acids is 1. The molecular formula is C10H10F3NO4. The van der Waals surface area contributed by atoms with Crippen LogP contribution >= 0.6 is 0 Å². The van der Waals surface area contributed by atoms with E-state index in [4.69, 9.17) is 14.3 Å². The fourth-order valence-corrected chi connectivity index (χ4v) is 1.84. The number of carbonyl (C=O) groups is 1. The van der Waals surface area contributed by atoms with Gasteiger partial charge in [-0.3, -0.25) is 0 Å². The standard InChI is InChI=1S/C10H10F3NO4/c1-4-2-5(3-17-4)8-14-7(10(11,12)13)6(18-8)9(15)16/h4-5H,2-3H2,1H3,(H,15,16). The van der Waals surface area contributed by atoms with Crippen molar-refractivity contribution in [2.24, 2.45) is 0 Å². The molecule has 2 heterocycles. The number of alkyl halides is 3. The Morgan fingerprint density at radius 3 is 2.56 bits per heavy atom. The van der Waals surface area contributed by atoms with Crippen LogP contribution in [0.25, 0.3) is 0 Å². The first-order valence-electron chi connectivity index (χ1n) is 5.22. The molecule has 2 unspecified atom stereocenters. The van der Waals surface area contributed by atoms with Crippen molar-refractivity contribution < 1.29 is 32.2 Å². The van der Waals surface area contributed by atoms with Gasteiger partial charge in [-0.2, -0.15) is 13.2 Å². The maximum absolute atomic E-state index is 12.6. The average Bonchev–Trinajstić information content (AvgIpc) is 2.81. The molecule has 0 saturated carbocycles. The van der Waals surface area contributed by atoms with Crippen molar-refractivity contribution in [2.45, 2.75) is 31.5 Å². The van der Waals surface area contributed by atoms with Crippen LogP contribution in [-0.2, 0) is 10.9 Å². The minimum Gasteiger partial charge on any atom is -0.475 e. The number of aromatic nitrogens is 1. The third-order valence-electron chi connectivity index (χ3n) is 2.65. The van der Waals surface area contributed by atoms with Crippen LogP contribution in [0.2, 0.25) is 0 Å². The van der Waals surface area contributed by atoms with Gasteiger partial charge >= 0.3 is 12.1 Å². The minimum atomic E-state index is -4.85. The summed E-state index contributed by atoms with van der Waals surface area (Å²) in [4.78, 5) is 14.0. The monoisotopic (exact) mass is 265 g/mol. The maximum atomic E-state index is 12.6. The Kier molecular flexibility index (Phi) is 3.05. The summed E-state index contributed by atoms with van der Waals surface area (Å²) in [5.74, 6) is -3.62. The van der Waals surface area contributed by atoms with Gasteiger partial charge in [0.25, 0.3) is 0 Å². The zero-order valence-electron chi connectivity index (χ0n) is 9.32. The molecule has 0 aliphatic carbocycles. The molecule has 0 spiro atoms.